The molecule has 2 rings (SSSR count). The summed E-state index contributed by atoms with van der Waals surface area (Å²) in [6.07, 6.45) is -4.77. The molecule has 3 nitrogen and oxygen atoms in total. The zero-order chi connectivity index (χ0) is 13.2. The van der Waals surface area contributed by atoms with Crippen molar-refractivity contribution in [1.29, 1.82) is 0 Å². The van der Waals surface area contributed by atoms with Gasteiger partial charge in [0.2, 0.25) is 0 Å². The fraction of sp³-hybridized carbons (Fsp3) is 0.500. The number of benzene rings is 1. The SMILES string of the molecule is COc1ccc(C2CNCCO2)cc1C(F)(F)F. The molecular weight excluding hydrogens is 247 g/mol. The average molecular weight is 261 g/mol. The fourth-order valence-corrected chi connectivity index (χ4v) is 1.93. The van der Waals surface area contributed by atoms with Crippen LogP contribution in [0.5, 0.6) is 5.75 Å². The Kier molecular flexibility index (Phi) is 3.77. The molecule has 0 aromatic heterocycles. The van der Waals surface area contributed by atoms with Crippen LogP contribution in [0.4, 0.5) is 13.2 Å². The summed E-state index contributed by atoms with van der Waals surface area (Å²) in [5, 5.41) is 3.08. The molecular formula is C12H14F3NO2. The van der Waals surface area contributed by atoms with Crippen LogP contribution in [0.25, 0.3) is 0 Å². The second-order valence-electron chi connectivity index (χ2n) is 4.02. The van der Waals surface area contributed by atoms with Gasteiger partial charge in [0.25, 0.3) is 0 Å². The first-order valence-corrected chi connectivity index (χ1v) is 5.60. The summed E-state index contributed by atoms with van der Waals surface area (Å²) in [6.45, 7) is 1.74. The van der Waals surface area contributed by atoms with E-state index in [1.165, 1.54) is 13.2 Å². The Morgan fingerprint density at radius 3 is 2.72 bits per heavy atom. The van der Waals surface area contributed by atoms with E-state index in [0.29, 0.717) is 18.7 Å². The highest BCUT2D eigenvalue weighted by Gasteiger charge is 2.35. The van der Waals surface area contributed by atoms with E-state index in [4.69, 9.17) is 9.47 Å². The number of alkyl halides is 3. The maximum Gasteiger partial charge on any atom is 0.419 e. The average Bonchev–Trinajstić information content (AvgIpc) is 2.38. The van der Waals surface area contributed by atoms with Gasteiger partial charge in [-0.2, -0.15) is 13.2 Å². The van der Waals surface area contributed by atoms with Gasteiger partial charge >= 0.3 is 6.18 Å². The fourth-order valence-electron chi connectivity index (χ4n) is 1.93. The molecule has 1 aromatic rings. The summed E-state index contributed by atoms with van der Waals surface area (Å²) in [5.74, 6) is -0.171. The van der Waals surface area contributed by atoms with Gasteiger partial charge in [0.15, 0.2) is 0 Å². The molecule has 1 unspecified atom stereocenters. The van der Waals surface area contributed by atoms with Crippen LogP contribution in [-0.2, 0) is 10.9 Å². The Morgan fingerprint density at radius 1 is 1.39 bits per heavy atom. The highest BCUT2D eigenvalue weighted by atomic mass is 19.4. The summed E-state index contributed by atoms with van der Waals surface area (Å²) in [7, 11) is 1.23. The van der Waals surface area contributed by atoms with Gasteiger partial charge in [-0.1, -0.05) is 6.07 Å². The maximum atomic E-state index is 12.8. The van der Waals surface area contributed by atoms with Crippen molar-refractivity contribution in [2.75, 3.05) is 26.8 Å². The molecule has 0 saturated carbocycles. The molecule has 1 atom stereocenters. The van der Waals surface area contributed by atoms with Gasteiger partial charge < -0.3 is 14.8 Å². The van der Waals surface area contributed by atoms with Crippen LogP contribution >= 0.6 is 0 Å². The lowest BCUT2D eigenvalue weighted by Crippen LogP contribution is -2.33. The number of ether oxygens (including phenoxy) is 2. The highest BCUT2D eigenvalue weighted by Crippen LogP contribution is 2.38. The molecule has 0 bridgehead atoms. The van der Waals surface area contributed by atoms with Gasteiger partial charge in [-0.05, 0) is 17.7 Å². The number of halogens is 3. The first kappa shape index (κ1) is 13.2. The summed E-state index contributed by atoms with van der Waals surface area (Å²) in [6, 6.07) is 4.03. The van der Waals surface area contributed by atoms with Crippen molar-refractivity contribution in [3.63, 3.8) is 0 Å². The summed E-state index contributed by atoms with van der Waals surface area (Å²) < 4.78 is 48.7. The molecule has 1 aliphatic rings. The van der Waals surface area contributed by atoms with Crippen molar-refractivity contribution in [2.45, 2.75) is 12.3 Å². The van der Waals surface area contributed by atoms with Crippen molar-refractivity contribution in [3.05, 3.63) is 29.3 Å². The standard InChI is InChI=1S/C12H14F3NO2/c1-17-10-3-2-8(6-9(10)12(13,14)15)11-7-16-4-5-18-11/h2-3,6,11,16H,4-5,7H2,1H3. The maximum absolute atomic E-state index is 12.8. The molecule has 6 heteroatoms. The van der Waals surface area contributed by atoms with Crippen molar-refractivity contribution in [2.24, 2.45) is 0 Å². The normalized spacial score (nSPS) is 20.8. The topological polar surface area (TPSA) is 30.5 Å². The van der Waals surface area contributed by atoms with Gasteiger partial charge in [0.1, 0.15) is 5.75 Å². The lowest BCUT2D eigenvalue weighted by molar-refractivity contribution is -0.138. The Morgan fingerprint density at radius 2 is 2.17 bits per heavy atom. The van der Waals surface area contributed by atoms with Gasteiger partial charge in [-0.15, -0.1) is 0 Å². The summed E-state index contributed by atoms with van der Waals surface area (Å²) in [4.78, 5) is 0. The lowest BCUT2D eigenvalue weighted by Gasteiger charge is -2.25. The molecule has 1 N–H and O–H groups in total. The third kappa shape index (κ3) is 2.76. The second-order valence-corrected chi connectivity index (χ2v) is 4.02. The predicted octanol–water partition coefficient (Wildman–Crippen LogP) is 2.37. The van der Waals surface area contributed by atoms with E-state index in [0.717, 1.165) is 12.6 Å². The molecule has 1 heterocycles. The van der Waals surface area contributed by atoms with Gasteiger partial charge in [-0.3, -0.25) is 0 Å². The van der Waals surface area contributed by atoms with Gasteiger partial charge in [0, 0.05) is 13.1 Å². The number of hydrogen-bond donors (Lipinski definition) is 1. The Labute approximate surface area is 103 Å². The second kappa shape index (κ2) is 5.16. The van der Waals surface area contributed by atoms with Crippen LogP contribution in [0.1, 0.15) is 17.2 Å². The first-order chi connectivity index (χ1) is 8.52. The number of morpholine rings is 1. The number of hydrogen-bond acceptors (Lipinski definition) is 3. The minimum atomic E-state index is -4.43. The van der Waals surface area contributed by atoms with Crippen molar-refractivity contribution >= 4 is 0 Å². The Bertz CT molecular complexity index is 414. The van der Waals surface area contributed by atoms with E-state index < -0.39 is 11.7 Å². The third-order valence-electron chi connectivity index (χ3n) is 2.83. The number of methoxy groups -OCH3 is 1. The van der Waals surface area contributed by atoms with E-state index >= 15 is 0 Å². The molecule has 100 valence electrons. The lowest BCUT2D eigenvalue weighted by atomic mass is 10.0. The number of rotatable bonds is 2. The van der Waals surface area contributed by atoms with E-state index in [-0.39, 0.29) is 11.9 Å². The largest absolute Gasteiger partial charge is 0.496 e. The van der Waals surface area contributed by atoms with E-state index in [9.17, 15) is 13.2 Å². The minimum absolute atomic E-state index is 0.171. The van der Waals surface area contributed by atoms with Crippen LogP contribution in [0.3, 0.4) is 0 Å². The molecule has 18 heavy (non-hydrogen) atoms. The molecule has 1 saturated heterocycles. The monoisotopic (exact) mass is 261 g/mol. The molecule has 0 radical (unpaired) electrons. The Balaban J connectivity index is 2.33. The summed E-state index contributed by atoms with van der Waals surface area (Å²) in [5.41, 5.74) is -0.257. The van der Waals surface area contributed by atoms with Crippen molar-refractivity contribution in [1.82, 2.24) is 5.32 Å². The van der Waals surface area contributed by atoms with Crippen LogP contribution < -0.4 is 10.1 Å². The predicted molar refractivity (Wildman–Crippen MR) is 59.6 cm³/mol. The zero-order valence-corrected chi connectivity index (χ0v) is 9.88. The minimum Gasteiger partial charge on any atom is -0.496 e. The third-order valence-corrected chi connectivity index (χ3v) is 2.83. The van der Waals surface area contributed by atoms with E-state index in [1.807, 2.05) is 0 Å². The van der Waals surface area contributed by atoms with Crippen molar-refractivity contribution < 1.29 is 22.6 Å². The van der Waals surface area contributed by atoms with Gasteiger partial charge in [-0.25, -0.2) is 0 Å². The smallest absolute Gasteiger partial charge is 0.419 e. The molecule has 0 amide bonds. The van der Waals surface area contributed by atoms with Crippen LogP contribution in [-0.4, -0.2) is 26.8 Å². The van der Waals surface area contributed by atoms with Crippen LogP contribution in [0, 0.1) is 0 Å². The molecule has 0 spiro atoms. The van der Waals surface area contributed by atoms with Crippen LogP contribution in [0.2, 0.25) is 0 Å². The number of nitrogens with one attached hydrogen (secondary N) is 1. The highest BCUT2D eigenvalue weighted by molar-refractivity contribution is 5.40. The molecule has 1 aliphatic heterocycles. The molecule has 1 aromatic carbocycles. The van der Waals surface area contributed by atoms with E-state index in [2.05, 4.69) is 5.32 Å². The molecule has 0 aliphatic carbocycles. The van der Waals surface area contributed by atoms with E-state index in [1.54, 1.807) is 6.07 Å². The summed E-state index contributed by atoms with van der Waals surface area (Å²) >= 11 is 0. The quantitative estimate of drug-likeness (QED) is 0.886. The zero-order valence-electron chi connectivity index (χ0n) is 9.88. The molecule has 1 fully saturated rings. The Hall–Kier alpha value is -1.27. The van der Waals surface area contributed by atoms with Crippen LogP contribution in [0.15, 0.2) is 18.2 Å². The van der Waals surface area contributed by atoms with Gasteiger partial charge in [0.05, 0.1) is 25.4 Å². The van der Waals surface area contributed by atoms with Crippen molar-refractivity contribution in [3.8, 4) is 5.75 Å². The first-order valence-electron chi connectivity index (χ1n) is 5.60.